The van der Waals surface area contributed by atoms with E-state index in [-0.39, 0.29) is 28.8 Å². The van der Waals surface area contributed by atoms with E-state index in [9.17, 15) is 13.2 Å². The molecule has 90 valence electrons. The van der Waals surface area contributed by atoms with E-state index in [1.54, 1.807) is 6.92 Å². The molecule has 1 aromatic rings. The first kappa shape index (κ1) is 13.1. The summed E-state index contributed by atoms with van der Waals surface area (Å²) in [7, 11) is -3.11. The van der Waals surface area contributed by atoms with Gasteiger partial charge in [-0.3, -0.25) is 0 Å². The third-order valence-electron chi connectivity index (χ3n) is 2.17. The van der Waals surface area contributed by atoms with Crippen LogP contribution in [-0.2, 0) is 16.4 Å². The summed E-state index contributed by atoms with van der Waals surface area (Å²) < 4.78 is 23.9. The van der Waals surface area contributed by atoms with Gasteiger partial charge in [0.2, 0.25) is 0 Å². The molecule has 0 aliphatic rings. The summed E-state index contributed by atoms with van der Waals surface area (Å²) in [6.45, 7) is 1.65. The van der Waals surface area contributed by atoms with Crippen molar-refractivity contribution in [3.05, 3.63) is 23.0 Å². The molecule has 0 bridgehead atoms. The van der Waals surface area contributed by atoms with Crippen molar-refractivity contribution in [3.8, 4) is 0 Å². The molecule has 1 rings (SSSR count). The van der Waals surface area contributed by atoms with Crippen molar-refractivity contribution in [1.82, 2.24) is 4.57 Å². The van der Waals surface area contributed by atoms with Gasteiger partial charge in [-0.2, -0.15) is 0 Å². The van der Waals surface area contributed by atoms with E-state index in [0.29, 0.717) is 0 Å². The van der Waals surface area contributed by atoms with Crippen LogP contribution in [0.5, 0.6) is 0 Å². The van der Waals surface area contributed by atoms with E-state index in [2.05, 4.69) is 0 Å². The van der Waals surface area contributed by atoms with E-state index in [0.717, 1.165) is 0 Å². The van der Waals surface area contributed by atoms with Crippen LogP contribution < -0.4 is 0 Å². The molecule has 0 saturated carbocycles. The van der Waals surface area contributed by atoms with Crippen LogP contribution in [0.4, 0.5) is 0 Å². The Bertz CT molecular complexity index is 492. The van der Waals surface area contributed by atoms with Crippen molar-refractivity contribution in [1.29, 1.82) is 0 Å². The molecule has 0 unspecified atom stereocenters. The molecule has 0 aromatic carbocycles. The van der Waals surface area contributed by atoms with Crippen LogP contribution in [0.3, 0.4) is 0 Å². The van der Waals surface area contributed by atoms with Crippen molar-refractivity contribution < 1.29 is 18.3 Å². The van der Waals surface area contributed by atoms with Gasteiger partial charge in [0.05, 0.1) is 10.8 Å². The van der Waals surface area contributed by atoms with Crippen molar-refractivity contribution in [2.24, 2.45) is 0 Å². The second-order valence-corrected chi connectivity index (χ2v) is 6.19. The average Bonchev–Trinajstić information content (AvgIpc) is 2.57. The van der Waals surface area contributed by atoms with Crippen LogP contribution in [-0.4, -0.2) is 35.6 Å². The predicted molar refractivity (Wildman–Crippen MR) is 60.7 cm³/mol. The molecule has 1 heterocycles. The SMILES string of the molecule is CCS(=O)(=O)CCn1cc(Cl)cc1C(=O)O. The Hall–Kier alpha value is -1.01. The van der Waals surface area contributed by atoms with Crippen LogP contribution >= 0.6 is 11.6 Å². The number of aromatic carboxylic acids is 1. The standard InChI is InChI=1S/C9H12ClNO4S/c1-2-16(14,15)4-3-11-6-7(10)5-8(11)9(12)13/h5-6H,2-4H2,1H3,(H,12,13). The maximum atomic E-state index is 11.3. The van der Waals surface area contributed by atoms with E-state index < -0.39 is 15.8 Å². The Kier molecular flexibility index (Phi) is 3.98. The minimum absolute atomic E-state index is 0.00342. The predicted octanol–water partition coefficient (Wildman–Crippen LogP) is 1.27. The fraction of sp³-hybridized carbons (Fsp3) is 0.444. The van der Waals surface area contributed by atoms with E-state index in [1.165, 1.54) is 16.8 Å². The molecule has 0 atom stereocenters. The molecular formula is C9H12ClNO4S. The van der Waals surface area contributed by atoms with Gasteiger partial charge in [0.15, 0.2) is 9.84 Å². The van der Waals surface area contributed by atoms with Gasteiger partial charge < -0.3 is 9.67 Å². The molecule has 0 spiro atoms. The zero-order chi connectivity index (χ0) is 12.3. The summed E-state index contributed by atoms with van der Waals surface area (Å²) in [6.07, 6.45) is 1.41. The van der Waals surface area contributed by atoms with Crippen LogP contribution in [0.2, 0.25) is 5.02 Å². The average molecular weight is 266 g/mol. The number of carboxylic acids is 1. The van der Waals surface area contributed by atoms with Gasteiger partial charge >= 0.3 is 5.97 Å². The number of nitrogens with zero attached hydrogens (tertiary/aromatic N) is 1. The molecule has 16 heavy (non-hydrogen) atoms. The van der Waals surface area contributed by atoms with Crippen LogP contribution in [0.25, 0.3) is 0 Å². The van der Waals surface area contributed by atoms with Crippen LogP contribution in [0.15, 0.2) is 12.3 Å². The monoisotopic (exact) mass is 265 g/mol. The summed E-state index contributed by atoms with van der Waals surface area (Å²) >= 11 is 5.66. The highest BCUT2D eigenvalue weighted by Gasteiger charge is 2.14. The fourth-order valence-electron chi connectivity index (χ4n) is 1.22. The highest BCUT2D eigenvalue weighted by atomic mass is 35.5. The summed E-state index contributed by atoms with van der Waals surface area (Å²) in [5, 5.41) is 9.12. The molecule has 0 amide bonds. The minimum Gasteiger partial charge on any atom is -0.477 e. The Morgan fingerprint density at radius 1 is 1.56 bits per heavy atom. The number of hydrogen-bond acceptors (Lipinski definition) is 3. The first-order valence-electron chi connectivity index (χ1n) is 4.65. The van der Waals surface area contributed by atoms with Crippen molar-refractivity contribution in [3.63, 3.8) is 0 Å². The Balaban J connectivity index is 2.86. The summed E-state index contributed by atoms with van der Waals surface area (Å²) in [4.78, 5) is 10.8. The maximum Gasteiger partial charge on any atom is 0.352 e. The molecule has 1 N–H and O–H groups in total. The second-order valence-electron chi connectivity index (χ2n) is 3.28. The maximum absolute atomic E-state index is 11.3. The molecule has 0 aliphatic heterocycles. The van der Waals surface area contributed by atoms with Gasteiger partial charge in [-0.15, -0.1) is 0 Å². The molecule has 0 saturated heterocycles. The van der Waals surface area contributed by atoms with Crippen molar-refractivity contribution in [2.45, 2.75) is 13.5 Å². The summed E-state index contributed by atoms with van der Waals surface area (Å²) in [5.41, 5.74) is -0.00342. The zero-order valence-corrected chi connectivity index (χ0v) is 10.3. The largest absolute Gasteiger partial charge is 0.477 e. The molecule has 0 radical (unpaired) electrons. The number of carboxylic acid groups (broad SMARTS) is 1. The highest BCUT2D eigenvalue weighted by molar-refractivity contribution is 7.91. The smallest absolute Gasteiger partial charge is 0.352 e. The molecular weight excluding hydrogens is 254 g/mol. The van der Waals surface area contributed by atoms with Crippen molar-refractivity contribution in [2.75, 3.05) is 11.5 Å². The lowest BCUT2D eigenvalue weighted by atomic mass is 10.4. The number of aromatic nitrogens is 1. The number of rotatable bonds is 5. The number of aryl methyl sites for hydroxylation is 1. The van der Waals surface area contributed by atoms with E-state index >= 15 is 0 Å². The van der Waals surface area contributed by atoms with E-state index in [1.807, 2.05) is 0 Å². The third-order valence-corrected chi connectivity index (χ3v) is 4.06. The molecule has 1 aromatic heterocycles. The number of carbonyl (C=O) groups is 1. The summed E-state index contributed by atoms with van der Waals surface area (Å²) in [6, 6.07) is 1.29. The number of halogens is 1. The molecule has 5 nitrogen and oxygen atoms in total. The number of sulfone groups is 1. The topological polar surface area (TPSA) is 76.4 Å². The third kappa shape index (κ3) is 3.24. The van der Waals surface area contributed by atoms with Gasteiger partial charge in [-0.25, -0.2) is 13.2 Å². The Morgan fingerprint density at radius 2 is 2.19 bits per heavy atom. The van der Waals surface area contributed by atoms with Gasteiger partial charge in [-0.05, 0) is 6.07 Å². The van der Waals surface area contributed by atoms with Gasteiger partial charge in [0, 0.05) is 18.5 Å². The lowest BCUT2D eigenvalue weighted by Crippen LogP contribution is -2.17. The normalized spacial score (nSPS) is 11.6. The second kappa shape index (κ2) is 4.88. The summed E-state index contributed by atoms with van der Waals surface area (Å²) in [5.74, 6) is -1.17. The minimum atomic E-state index is -3.11. The fourth-order valence-corrected chi connectivity index (χ4v) is 2.21. The Morgan fingerprint density at radius 3 is 2.69 bits per heavy atom. The molecule has 0 aliphatic carbocycles. The quantitative estimate of drug-likeness (QED) is 0.870. The van der Waals surface area contributed by atoms with Gasteiger partial charge in [-0.1, -0.05) is 18.5 Å². The van der Waals surface area contributed by atoms with Crippen LogP contribution in [0, 0.1) is 0 Å². The molecule has 0 fully saturated rings. The number of hydrogen-bond donors (Lipinski definition) is 1. The lowest BCUT2D eigenvalue weighted by molar-refractivity contribution is 0.0685. The Labute approximate surface area is 98.6 Å². The first-order valence-corrected chi connectivity index (χ1v) is 6.85. The van der Waals surface area contributed by atoms with Crippen molar-refractivity contribution >= 4 is 27.4 Å². The van der Waals surface area contributed by atoms with Crippen LogP contribution in [0.1, 0.15) is 17.4 Å². The van der Waals surface area contributed by atoms with Gasteiger partial charge in [0.1, 0.15) is 5.69 Å². The first-order chi connectivity index (χ1) is 7.35. The molecule has 7 heteroatoms. The zero-order valence-electron chi connectivity index (χ0n) is 8.68. The van der Waals surface area contributed by atoms with Gasteiger partial charge in [0.25, 0.3) is 0 Å². The lowest BCUT2D eigenvalue weighted by Gasteiger charge is -2.05. The van der Waals surface area contributed by atoms with E-state index in [4.69, 9.17) is 16.7 Å². The highest BCUT2D eigenvalue weighted by Crippen LogP contribution is 2.14.